The topological polar surface area (TPSA) is 66.2 Å². The van der Waals surface area contributed by atoms with Crippen LogP contribution >= 0.6 is 0 Å². The maximum absolute atomic E-state index is 8.78. The van der Waals surface area contributed by atoms with Crippen LogP contribution < -0.4 is 5.14 Å². The molecule has 0 bridgehead atoms. The van der Waals surface area contributed by atoms with Crippen molar-refractivity contribution in [3.05, 3.63) is 34.9 Å². The number of rotatable bonds is 2. The summed E-state index contributed by atoms with van der Waals surface area (Å²) in [6, 6.07) is 6.94. The lowest BCUT2D eigenvalue weighted by atomic mass is 9.84. The van der Waals surface area contributed by atoms with Crippen molar-refractivity contribution in [1.29, 1.82) is 0 Å². The summed E-state index contributed by atoms with van der Waals surface area (Å²) in [5.74, 6) is 0. The Hall–Kier alpha value is -0.710. The summed E-state index contributed by atoms with van der Waals surface area (Å²) in [5.41, 5.74) is 4.74. The van der Waals surface area contributed by atoms with Gasteiger partial charge in [0.25, 0.3) is 0 Å². The van der Waals surface area contributed by atoms with E-state index in [9.17, 15) is 0 Å². The molecule has 104 valence electrons. The van der Waals surface area contributed by atoms with Crippen LogP contribution in [0.2, 0.25) is 0 Å². The average Bonchev–Trinajstić information content (AvgIpc) is 2.26. The Bertz CT molecular complexity index is 393. The van der Waals surface area contributed by atoms with E-state index in [0.29, 0.717) is 0 Å². The van der Waals surface area contributed by atoms with Gasteiger partial charge >= 0.3 is 0 Å². The fourth-order valence-corrected chi connectivity index (χ4v) is 1.77. The Morgan fingerprint density at radius 1 is 1.17 bits per heavy atom. The molecular weight excluding hydrogens is 246 g/mol. The molecule has 1 unspecified atom stereocenters. The zero-order valence-electron chi connectivity index (χ0n) is 11.9. The Morgan fingerprint density at radius 3 is 1.94 bits per heavy atom. The summed E-state index contributed by atoms with van der Waals surface area (Å²) >= 11 is -2.36. The molecule has 3 nitrogen and oxygen atoms in total. The van der Waals surface area contributed by atoms with Crippen LogP contribution in [0.1, 0.15) is 51.3 Å². The SMILES string of the molecule is CCc1ccc(C(C)(C)C)cc1CC.NS(=O)[O-]. The van der Waals surface area contributed by atoms with Crippen molar-refractivity contribution in [2.24, 2.45) is 5.14 Å². The van der Waals surface area contributed by atoms with Crippen LogP contribution in [-0.2, 0) is 29.5 Å². The lowest BCUT2D eigenvalue weighted by molar-refractivity contribution is 0.538. The fraction of sp³-hybridized carbons (Fsp3) is 0.571. The minimum absolute atomic E-state index is 0.274. The molecule has 2 N–H and O–H groups in total. The molecule has 0 aliphatic carbocycles. The molecule has 0 saturated carbocycles. The second-order valence-electron chi connectivity index (χ2n) is 5.20. The molecule has 18 heavy (non-hydrogen) atoms. The van der Waals surface area contributed by atoms with Crippen LogP contribution in [0.4, 0.5) is 0 Å². The molecule has 4 heteroatoms. The van der Waals surface area contributed by atoms with Crippen LogP contribution in [0.15, 0.2) is 18.2 Å². The van der Waals surface area contributed by atoms with Crippen molar-refractivity contribution in [3.8, 4) is 0 Å². The molecule has 1 rings (SSSR count). The van der Waals surface area contributed by atoms with Crippen molar-refractivity contribution < 1.29 is 8.76 Å². The van der Waals surface area contributed by atoms with Crippen LogP contribution in [0.25, 0.3) is 0 Å². The van der Waals surface area contributed by atoms with Gasteiger partial charge in [-0.05, 0) is 34.9 Å². The Morgan fingerprint density at radius 2 is 1.61 bits per heavy atom. The largest absolute Gasteiger partial charge is 0.760 e. The van der Waals surface area contributed by atoms with Gasteiger partial charge in [0.2, 0.25) is 0 Å². The monoisotopic (exact) mass is 270 g/mol. The molecule has 0 aliphatic rings. The van der Waals surface area contributed by atoms with Crippen LogP contribution in [0, 0.1) is 0 Å². The van der Waals surface area contributed by atoms with Crippen molar-refractivity contribution >= 4 is 11.3 Å². The number of aryl methyl sites for hydroxylation is 2. The first-order chi connectivity index (χ1) is 8.22. The minimum Gasteiger partial charge on any atom is -0.760 e. The normalized spacial score (nSPS) is 12.6. The summed E-state index contributed by atoms with van der Waals surface area (Å²) < 4.78 is 17.6. The van der Waals surface area contributed by atoms with Crippen LogP contribution in [0.5, 0.6) is 0 Å². The third-order valence-corrected chi connectivity index (χ3v) is 2.83. The Balaban J connectivity index is 0.000000631. The van der Waals surface area contributed by atoms with Gasteiger partial charge in [0.15, 0.2) is 0 Å². The summed E-state index contributed by atoms with van der Waals surface area (Å²) in [7, 11) is 0. The van der Waals surface area contributed by atoms with Crippen molar-refractivity contribution in [2.75, 3.05) is 0 Å². The second kappa shape index (κ2) is 7.67. The first kappa shape index (κ1) is 17.3. The first-order valence-electron chi connectivity index (χ1n) is 6.18. The first-order valence-corrected chi connectivity index (χ1v) is 7.32. The Labute approximate surface area is 113 Å². The van der Waals surface area contributed by atoms with Gasteiger partial charge in [-0.2, -0.15) is 0 Å². The van der Waals surface area contributed by atoms with Gasteiger partial charge in [-0.15, -0.1) is 0 Å². The van der Waals surface area contributed by atoms with E-state index in [1.807, 2.05) is 0 Å². The van der Waals surface area contributed by atoms with Gasteiger partial charge in [0, 0.05) is 11.3 Å². The van der Waals surface area contributed by atoms with E-state index in [-0.39, 0.29) is 5.41 Å². The van der Waals surface area contributed by atoms with Gasteiger partial charge in [0.05, 0.1) is 0 Å². The molecule has 1 aromatic rings. The summed E-state index contributed by atoms with van der Waals surface area (Å²) in [4.78, 5) is 0. The van der Waals surface area contributed by atoms with Gasteiger partial charge < -0.3 is 4.55 Å². The van der Waals surface area contributed by atoms with E-state index in [1.54, 1.807) is 0 Å². The van der Waals surface area contributed by atoms with Crippen LogP contribution in [0.3, 0.4) is 0 Å². The van der Waals surface area contributed by atoms with Gasteiger partial charge in [0.1, 0.15) is 0 Å². The van der Waals surface area contributed by atoms with Crippen molar-refractivity contribution in [2.45, 2.75) is 52.9 Å². The number of benzene rings is 1. The summed E-state index contributed by atoms with van der Waals surface area (Å²) in [6.07, 6.45) is 2.29. The number of nitrogens with two attached hydrogens (primary N) is 1. The smallest absolute Gasteiger partial charge is 0.0152 e. The highest BCUT2D eigenvalue weighted by molar-refractivity contribution is 7.76. The number of hydrogen-bond acceptors (Lipinski definition) is 2. The molecule has 1 aromatic carbocycles. The third kappa shape index (κ3) is 6.28. The standard InChI is InChI=1S/C14H22.H3NO2S/c1-6-11-8-9-13(14(3,4)5)10-12(11)7-2;1-4(2)3/h8-10H,6-7H2,1-5H3;1H2,(H,2,3)/p-1. The van der Waals surface area contributed by atoms with E-state index < -0.39 is 11.3 Å². The third-order valence-electron chi connectivity index (χ3n) is 2.83. The summed E-state index contributed by atoms with van der Waals surface area (Å²) in [6.45, 7) is 11.3. The molecule has 0 fully saturated rings. The molecule has 0 heterocycles. The quantitative estimate of drug-likeness (QED) is 0.840. The molecule has 0 aromatic heterocycles. The van der Waals surface area contributed by atoms with Gasteiger partial charge in [-0.25, -0.2) is 0 Å². The number of hydrogen-bond donors (Lipinski definition) is 1. The lowest BCUT2D eigenvalue weighted by Gasteiger charge is -2.21. The zero-order valence-corrected chi connectivity index (χ0v) is 12.8. The fourth-order valence-electron chi connectivity index (χ4n) is 1.77. The highest BCUT2D eigenvalue weighted by Gasteiger charge is 2.14. The molecule has 0 aliphatic heterocycles. The van der Waals surface area contributed by atoms with Crippen LogP contribution in [-0.4, -0.2) is 8.76 Å². The molecular formula is C14H24NO2S-. The maximum atomic E-state index is 8.78. The van der Waals surface area contributed by atoms with Gasteiger partial charge in [-0.1, -0.05) is 52.8 Å². The van der Waals surface area contributed by atoms with E-state index in [0.717, 1.165) is 12.8 Å². The molecule has 0 saturated heterocycles. The predicted octanol–water partition coefficient (Wildman–Crippen LogP) is 2.85. The Kier molecular flexibility index (Phi) is 7.36. The van der Waals surface area contributed by atoms with E-state index in [2.05, 4.69) is 58.0 Å². The highest BCUT2D eigenvalue weighted by Crippen LogP contribution is 2.25. The predicted molar refractivity (Wildman–Crippen MR) is 77.0 cm³/mol. The molecule has 0 radical (unpaired) electrons. The van der Waals surface area contributed by atoms with Crippen molar-refractivity contribution in [3.63, 3.8) is 0 Å². The highest BCUT2D eigenvalue weighted by atomic mass is 32.2. The average molecular weight is 270 g/mol. The lowest BCUT2D eigenvalue weighted by Crippen LogP contribution is -2.11. The van der Waals surface area contributed by atoms with Gasteiger partial charge in [-0.3, -0.25) is 9.35 Å². The van der Waals surface area contributed by atoms with E-state index in [1.165, 1.54) is 16.7 Å². The summed E-state index contributed by atoms with van der Waals surface area (Å²) in [5, 5.41) is 4.03. The molecule has 0 amide bonds. The molecule has 1 atom stereocenters. The van der Waals surface area contributed by atoms with E-state index in [4.69, 9.17) is 8.76 Å². The minimum atomic E-state index is -2.36. The van der Waals surface area contributed by atoms with Crippen molar-refractivity contribution in [1.82, 2.24) is 0 Å². The second-order valence-corrected chi connectivity index (χ2v) is 5.72. The maximum Gasteiger partial charge on any atom is 0.0152 e. The molecule has 0 spiro atoms. The zero-order chi connectivity index (χ0) is 14.3. The van der Waals surface area contributed by atoms with E-state index >= 15 is 0 Å².